The molecule has 7 atom stereocenters. The number of aliphatic hydroxyl groups excluding tert-OH is 1. The highest BCUT2D eigenvalue weighted by Gasteiger charge is 2.67. The number of anilines is 1. The summed E-state index contributed by atoms with van der Waals surface area (Å²) in [4.78, 5) is 14.7. The Morgan fingerprint density at radius 1 is 1.18 bits per heavy atom. The number of fused-ring (bicyclic) bond motifs is 4. The van der Waals surface area contributed by atoms with Gasteiger partial charge in [0.05, 0.1) is 12.2 Å². The molecule has 0 radical (unpaired) electrons. The molecule has 3 saturated carbocycles. The number of carbonyl (C=O) groups excluding carboxylic acids is 1. The van der Waals surface area contributed by atoms with Gasteiger partial charge < -0.3 is 15.1 Å². The molecule has 0 aliphatic heterocycles. The third-order valence-electron chi connectivity index (χ3n) is 10.9. The second-order valence-electron chi connectivity index (χ2n) is 12.4. The van der Waals surface area contributed by atoms with Gasteiger partial charge in [-0.1, -0.05) is 30.7 Å². The van der Waals surface area contributed by atoms with Crippen molar-refractivity contribution in [2.24, 2.45) is 28.6 Å². The predicted octanol–water partition coefficient (Wildman–Crippen LogP) is 4.79. The number of ketones is 1. The lowest BCUT2D eigenvalue weighted by Gasteiger charge is -2.65. The number of hydrogen-bond donors (Lipinski definition) is 2. The van der Waals surface area contributed by atoms with E-state index < -0.39 is 5.60 Å². The first-order valence-electron chi connectivity index (χ1n) is 13.3. The Morgan fingerprint density at radius 3 is 2.76 bits per heavy atom. The first kappa shape index (κ1) is 22.5. The smallest absolute Gasteiger partial charge is 0.155 e. The minimum atomic E-state index is -0.863. The van der Waals surface area contributed by atoms with Gasteiger partial charge in [0.1, 0.15) is 0 Å². The van der Waals surface area contributed by atoms with Gasteiger partial charge >= 0.3 is 0 Å². The molecule has 4 heteroatoms. The molecular formula is C30H39NO3. The van der Waals surface area contributed by atoms with Gasteiger partial charge in [-0.15, -0.1) is 0 Å². The molecular weight excluding hydrogens is 422 g/mol. The molecule has 0 aromatic heterocycles. The maximum Gasteiger partial charge on any atom is 0.155 e. The van der Waals surface area contributed by atoms with Gasteiger partial charge in [0.2, 0.25) is 0 Å². The van der Waals surface area contributed by atoms with Crippen molar-refractivity contribution in [3.8, 4) is 0 Å². The van der Waals surface area contributed by atoms with Gasteiger partial charge in [0.15, 0.2) is 5.78 Å². The highest BCUT2D eigenvalue weighted by atomic mass is 16.3. The number of hydrogen-bond acceptors (Lipinski definition) is 4. The largest absolute Gasteiger partial charge is 0.392 e. The average molecular weight is 462 g/mol. The fraction of sp³-hybridized carbons (Fsp3) is 0.633. The molecule has 34 heavy (non-hydrogen) atoms. The number of nitrogens with zero attached hydrogens (tertiary/aromatic N) is 1. The lowest BCUT2D eigenvalue weighted by atomic mass is 9.39. The van der Waals surface area contributed by atoms with Crippen LogP contribution in [0.4, 0.5) is 5.69 Å². The zero-order valence-corrected chi connectivity index (χ0v) is 20.9. The fourth-order valence-corrected chi connectivity index (χ4v) is 9.43. The summed E-state index contributed by atoms with van der Waals surface area (Å²) in [5.41, 5.74) is 4.62. The molecule has 182 valence electrons. The summed E-state index contributed by atoms with van der Waals surface area (Å²) in [5.74, 6) is 2.33. The number of rotatable bonds is 3. The van der Waals surface area contributed by atoms with Crippen molar-refractivity contribution in [1.82, 2.24) is 0 Å². The summed E-state index contributed by atoms with van der Waals surface area (Å²) < 4.78 is 0. The maximum atomic E-state index is 12.5. The second kappa shape index (κ2) is 7.54. The molecule has 0 amide bonds. The molecule has 0 saturated heterocycles. The van der Waals surface area contributed by atoms with Crippen LogP contribution in [0.15, 0.2) is 42.0 Å². The van der Waals surface area contributed by atoms with E-state index in [1.54, 1.807) is 6.08 Å². The van der Waals surface area contributed by atoms with Crippen molar-refractivity contribution in [2.45, 2.75) is 69.8 Å². The van der Waals surface area contributed by atoms with Gasteiger partial charge in [-0.2, -0.15) is 0 Å². The van der Waals surface area contributed by atoms with Crippen LogP contribution in [-0.4, -0.2) is 42.3 Å². The summed E-state index contributed by atoms with van der Waals surface area (Å²) in [5, 5.41) is 21.4. The summed E-state index contributed by atoms with van der Waals surface area (Å²) in [6, 6.07) is 7.02. The number of aliphatic hydroxyl groups is 2. The molecule has 6 rings (SSSR count). The van der Waals surface area contributed by atoms with Crippen LogP contribution >= 0.6 is 0 Å². The van der Waals surface area contributed by atoms with Crippen molar-refractivity contribution in [1.29, 1.82) is 0 Å². The Balaban J connectivity index is 1.53. The van der Waals surface area contributed by atoms with Crippen molar-refractivity contribution < 1.29 is 15.0 Å². The van der Waals surface area contributed by atoms with E-state index in [4.69, 9.17) is 0 Å². The Morgan fingerprint density at radius 2 is 2.00 bits per heavy atom. The monoisotopic (exact) mass is 461 g/mol. The van der Waals surface area contributed by atoms with E-state index in [0.29, 0.717) is 35.9 Å². The van der Waals surface area contributed by atoms with Crippen LogP contribution < -0.4 is 4.90 Å². The lowest BCUT2D eigenvalue weighted by molar-refractivity contribution is -0.128. The van der Waals surface area contributed by atoms with E-state index in [9.17, 15) is 15.0 Å². The third-order valence-corrected chi connectivity index (χ3v) is 10.9. The van der Waals surface area contributed by atoms with E-state index in [2.05, 4.69) is 44.1 Å². The minimum Gasteiger partial charge on any atom is -0.392 e. The number of allylic oxidation sites excluding steroid dienone is 1. The van der Waals surface area contributed by atoms with Gasteiger partial charge in [-0.05, 0) is 103 Å². The Hall–Kier alpha value is -1.91. The van der Waals surface area contributed by atoms with Crippen LogP contribution in [0.5, 0.6) is 0 Å². The number of benzene rings is 1. The van der Waals surface area contributed by atoms with Gasteiger partial charge in [0, 0.05) is 31.6 Å². The summed E-state index contributed by atoms with van der Waals surface area (Å²) >= 11 is 0. The Kier molecular flexibility index (Phi) is 5.00. The van der Waals surface area contributed by atoms with Crippen molar-refractivity contribution in [2.75, 3.05) is 25.6 Å². The van der Waals surface area contributed by atoms with Crippen LogP contribution in [0.2, 0.25) is 0 Å². The molecule has 0 heterocycles. The fourth-order valence-electron chi connectivity index (χ4n) is 9.43. The molecule has 4 nitrogen and oxygen atoms in total. The highest BCUT2D eigenvalue weighted by Crippen LogP contribution is 2.73. The topological polar surface area (TPSA) is 60.8 Å². The zero-order chi connectivity index (χ0) is 23.9. The van der Waals surface area contributed by atoms with Crippen molar-refractivity contribution >= 4 is 11.5 Å². The molecule has 1 aromatic rings. The molecule has 5 aliphatic carbocycles. The van der Waals surface area contributed by atoms with Crippen molar-refractivity contribution in [3.63, 3.8) is 0 Å². The molecule has 0 bridgehead atoms. The van der Waals surface area contributed by atoms with E-state index in [1.807, 2.05) is 12.2 Å². The second-order valence-corrected chi connectivity index (χ2v) is 12.4. The lowest BCUT2D eigenvalue weighted by Crippen LogP contribution is -2.59. The number of carbonyl (C=O) groups is 1. The van der Waals surface area contributed by atoms with Crippen LogP contribution in [0.25, 0.3) is 0 Å². The standard InChI is InChI=1S/C30H39NO3/c1-28-18-25-23-8-6-21(31(2)3)15-19(23)17-29-12-9-22(33)16-20(29)5-7-24(27(25)29)26(28)10-13-30(28,34)11-4-14-32/h4,6,8,11,15-16,24-27,32,34H,5,7,9-10,12-14,17-18H2,1-3H3/b11-4-/t24-,25?,26-,27?,28-,29+,30-/m0/s1. The molecule has 1 spiro atoms. The molecule has 1 aromatic carbocycles. The normalized spacial score (nSPS) is 42.5. The summed E-state index contributed by atoms with van der Waals surface area (Å²) in [6.45, 7) is 2.30. The van der Waals surface area contributed by atoms with E-state index in [0.717, 1.165) is 44.9 Å². The molecule has 2 N–H and O–H groups in total. The average Bonchev–Trinajstić information content (AvgIpc) is 3.08. The summed E-state index contributed by atoms with van der Waals surface area (Å²) in [7, 11) is 4.20. The van der Waals surface area contributed by atoms with E-state index in [-0.39, 0.29) is 17.4 Å². The van der Waals surface area contributed by atoms with Gasteiger partial charge in [-0.3, -0.25) is 4.79 Å². The first-order chi connectivity index (χ1) is 16.2. The first-order valence-corrected chi connectivity index (χ1v) is 13.3. The maximum absolute atomic E-state index is 12.5. The molecule has 2 unspecified atom stereocenters. The van der Waals surface area contributed by atoms with Crippen molar-refractivity contribution in [3.05, 3.63) is 53.1 Å². The highest BCUT2D eigenvalue weighted by molar-refractivity contribution is 5.91. The van der Waals surface area contributed by atoms with Crippen LogP contribution in [0, 0.1) is 28.6 Å². The predicted molar refractivity (Wildman–Crippen MR) is 135 cm³/mol. The summed E-state index contributed by atoms with van der Waals surface area (Å²) in [6.07, 6.45) is 13.4. The molecule has 3 fully saturated rings. The van der Waals surface area contributed by atoms with Gasteiger partial charge in [-0.25, -0.2) is 0 Å². The Labute approximate surface area is 203 Å². The zero-order valence-electron chi connectivity index (χ0n) is 20.9. The Bertz CT molecular complexity index is 1090. The third kappa shape index (κ3) is 2.88. The SMILES string of the molecule is CN(C)c1ccc2c(c1)C[C@]13CCC(=O)C=C1CC[C@@H]1C3C2C[C@@]2(C)[C@H]1CC[C@@]2(O)/C=C\CO. The van der Waals surface area contributed by atoms with Gasteiger partial charge in [0.25, 0.3) is 0 Å². The van der Waals surface area contributed by atoms with Crippen LogP contribution in [0.3, 0.4) is 0 Å². The van der Waals surface area contributed by atoms with Crippen LogP contribution in [-0.2, 0) is 11.2 Å². The minimum absolute atomic E-state index is 0.0278. The van der Waals surface area contributed by atoms with E-state index >= 15 is 0 Å². The quantitative estimate of drug-likeness (QED) is 0.635. The molecule has 5 aliphatic rings. The van der Waals surface area contributed by atoms with Crippen LogP contribution in [0.1, 0.15) is 68.9 Å². The van der Waals surface area contributed by atoms with E-state index in [1.165, 1.54) is 22.4 Å².